The van der Waals surface area contributed by atoms with E-state index in [2.05, 4.69) is 4.98 Å². The van der Waals surface area contributed by atoms with Crippen LogP contribution in [0.3, 0.4) is 0 Å². The highest BCUT2D eigenvalue weighted by Gasteiger charge is 2.25. The molecule has 2 heteroatoms. The third-order valence-electron chi connectivity index (χ3n) is 2.13. The molecule has 0 radical (unpaired) electrons. The van der Waals surface area contributed by atoms with Gasteiger partial charge < -0.3 is 5.11 Å². The van der Waals surface area contributed by atoms with E-state index < -0.39 is 6.10 Å². The van der Waals surface area contributed by atoms with Gasteiger partial charge in [0.25, 0.3) is 0 Å². The van der Waals surface area contributed by atoms with Gasteiger partial charge in [-0.3, -0.25) is 4.98 Å². The molecule has 1 atom stereocenters. The highest BCUT2D eigenvalue weighted by Crippen LogP contribution is 2.32. The standard InChI is InChI=1S/C11H17NO/c1-8-6-5-7-12-9(8)10(13)11(2,3)4/h5-7,10,13H,1-4H3. The fourth-order valence-corrected chi connectivity index (χ4v) is 1.19. The molecule has 13 heavy (non-hydrogen) atoms. The van der Waals surface area contributed by atoms with Crippen molar-refractivity contribution in [3.05, 3.63) is 29.6 Å². The maximum absolute atomic E-state index is 9.98. The Balaban J connectivity index is 3.02. The predicted octanol–water partition coefficient (Wildman–Crippen LogP) is 2.47. The van der Waals surface area contributed by atoms with Gasteiger partial charge in [-0.15, -0.1) is 0 Å². The largest absolute Gasteiger partial charge is 0.386 e. The molecule has 0 aliphatic rings. The molecule has 0 aliphatic heterocycles. The molecule has 1 unspecified atom stereocenters. The molecule has 0 spiro atoms. The summed E-state index contributed by atoms with van der Waals surface area (Å²) in [7, 11) is 0. The first-order valence-corrected chi connectivity index (χ1v) is 4.52. The molecule has 2 nitrogen and oxygen atoms in total. The van der Waals surface area contributed by atoms with E-state index in [4.69, 9.17) is 0 Å². The third kappa shape index (κ3) is 2.28. The lowest BCUT2D eigenvalue weighted by molar-refractivity contribution is 0.0583. The van der Waals surface area contributed by atoms with E-state index in [-0.39, 0.29) is 5.41 Å². The van der Waals surface area contributed by atoms with E-state index in [1.165, 1.54) is 0 Å². The summed E-state index contributed by atoms with van der Waals surface area (Å²) in [6.07, 6.45) is 1.23. The molecule has 0 aromatic carbocycles. The maximum Gasteiger partial charge on any atom is 0.101 e. The van der Waals surface area contributed by atoms with Gasteiger partial charge in [-0.25, -0.2) is 0 Å². The van der Waals surface area contributed by atoms with Crippen LogP contribution in [0.4, 0.5) is 0 Å². The van der Waals surface area contributed by atoms with E-state index >= 15 is 0 Å². The normalized spacial score (nSPS) is 14.2. The van der Waals surface area contributed by atoms with Gasteiger partial charge in [-0.05, 0) is 24.0 Å². The lowest BCUT2D eigenvalue weighted by Gasteiger charge is -2.26. The first kappa shape index (κ1) is 10.2. The minimum absolute atomic E-state index is 0.154. The molecule has 1 heterocycles. The van der Waals surface area contributed by atoms with Crippen molar-refractivity contribution in [1.82, 2.24) is 4.98 Å². The SMILES string of the molecule is Cc1cccnc1C(O)C(C)(C)C. The maximum atomic E-state index is 9.98. The Morgan fingerprint density at radius 3 is 2.46 bits per heavy atom. The Labute approximate surface area is 79.6 Å². The molecule has 0 aliphatic carbocycles. The van der Waals surface area contributed by atoms with Gasteiger partial charge in [0, 0.05) is 6.20 Å². The summed E-state index contributed by atoms with van der Waals surface area (Å²) < 4.78 is 0. The van der Waals surface area contributed by atoms with E-state index in [0.717, 1.165) is 11.3 Å². The Bertz CT molecular complexity index is 288. The van der Waals surface area contributed by atoms with Crippen LogP contribution in [0, 0.1) is 12.3 Å². The summed E-state index contributed by atoms with van der Waals surface area (Å²) >= 11 is 0. The molecular formula is C11H17NO. The van der Waals surface area contributed by atoms with Crippen molar-refractivity contribution in [3.8, 4) is 0 Å². The van der Waals surface area contributed by atoms with E-state index in [1.807, 2.05) is 39.8 Å². The number of pyridine rings is 1. The van der Waals surface area contributed by atoms with Gasteiger partial charge in [0.15, 0.2) is 0 Å². The van der Waals surface area contributed by atoms with Crippen LogP contribution in [0.5, 0.6) is 0 Å². The number of aliphatic hydroxyl groups excluding tert-OH is 1. The monoisotopic (exact) mass is 179 g/mol. The van der Waals surface area contributed by atoms with Crippen molar-refractivity contribution in [2.24, 2.45) is 5.41 Å². The minimum atomic E-state index is -0.492. The van der Waals surface area contributed by atoms with E-state index in [1.54, 1.807) is 6.20 Å². The molecule has 0 saturated carbocycles. The predicted molar refractivity (Wildman–Crippen MR) is 53.4 cm³/mol. The summed E-state index contributed by atoms with van der Waals surface area (Å²) in [5, 5.41) is 9.98. The van der Waals surface area contributed by atoms with Crippen molar-refractivity contribution < 1.29 is 5.11 Å². The zero-order valence-electron chi connectivity index (χ0n) is 8.70. The van der Waals surface area contributed by atoms with Gasteiger partial charge in [0.05, 0.1) is 5.69 Å². The second kappa shape index (κ2) is 3.46. The number of aliphatic hydroxyl groups is 1. The van der Waals surface area contributed by atoms with Crippen molar-refractivity contribution in [1.29, 1.82) is 0 Å². The first-order chi connectivity index (χ1) is 5.93. The summed E-state index contributed by atoms with van der Waals surface area (Å²) in [5.74, 6) is 0. The molecule has 1 rings (SSSR count). The Kier molecular flexibility index (Phi) is 2.71. The molecule has 72 valence electrons. The van der Waals surface area contributed by atoms with Crippen molar-refractivity contribution >= 4 is 0 Å². The van der Waals surface area contributed by atoms with Gasteiger partial charge in [0.2, 0.25) is 0 Å². The molecule has 1 aromatic heterocycles. The Hall–Kier alpha value is -0.890. The van der Waals surface area contributed by atoms with Crippen LogP contribution >= 0.6 is 0 Å². The number of rotatable bonds is 1. The van der Waals surface area contributed by atoms with Gasteiger partial charge in [-0.2, -0.15) is 0 Å². The lowest BCUT2D eigenvalue weighted by atomic mass is 9.86. The van der Waals surface area contributed by atoms with Crippen LogP contribution in [0.1, 0.15) is 38.1 Å². The Morgan fingerprint density at radius 1 is 1.38 bits per heavy atom. The van der Waals surface area contributed by atoms with Crippen LogP contribution in [-0.4, -0.2) is 10.1 Å². The smallest absolute Gasteiger partial charge is 0.101 e. The average Bonchev–Trinajstić information content (AvgIpc) is 2.02. The zero-order valence-corrected chi connectivity index (χ0v) is 8.70. The summed E-state index contributed by atoms with van der Waals surface area (Å²) in [6.45, 7) is 7.99. The van der Waals surface area contributed by atoms with Gasteiger partial charge in [0.1, 0.15) is 6.10 Å². The number of aryl methyl sites for hydroxylation is 1. The first-order valence-electron chi connectivity index (χ1n) is 4.52. The number of hydrogen-bond donors (Lipinski definition) is 1. The van der Waals surface area contributed by atoms with Crippen LogP contribution in [-0.2, 0) is 0 Å². The van der Waals surface area contributed by atoms with Crippen LogP contribution in [0.25, 0.3) is 0 Å². The number of aromatic nitrogens is 1. The third-order valence-corrected chi connectivity index (χ3v) is 2.13. The molecular weight excluding hydrogens is 162 g/mol. The van der Waals surface area contributed by atoms with Gasteiger partial charge >= 0.3 is 0 Å². The van der Waals surface area contributed by atoms with Crippen LogP contribution in [0.2, 0.25) is 0 Å². The molecule has 0 saturated heterocycles. The number of hydrogen-bond acceptors (Lipinski definition) is 2. The topological polar surface area (TPSA) is 33.1 Å². The molecule has 1 aromatic rings. The zero-order chi connectivity index (χ0) is 10.1. The lowest BCUT2D eigenvalue weighted by Crippen LogP contribution is -2.19. The molecule has 0 amide bonds. The summed E-state index contributed by atoms with van der Waals surface area (Å²) in [5.41, 5.74) is 1.68. The van der Waals surface area contributed by atoms with Crippen molar-refractivity contribution in [3.63, 3.8) is 0 Å². The minimum Gasteiger partial charge on any atom is -0.386 e. The molecule has 0 fully saturated rings. The fraction of sp³-hybridized carbons (Fsp3) is 0.545. The summed E-state index contributed by atoms with van der Waals surface area (Å²) in [6, 6.07) is 3.85. The second-order valence-corrected chi connectivity index (χ2v) is 4.47. The quantitative estimate of drug-likeness (QED) is 0.718. The van der Waals surface area contributed by atoms with Crippen molar-refractivity contribution in [2.45, 2.75) is 33.8 Å². The number of nitrogens with zero attached hydrogens (tertiary/aromatic N) is 1. The van der Waals surface area contributed by atoms with Gasteiger partial charge in [-0.1, -0.05) is 26.8 Å². The van der Waals surface area contributed by atoms with Crippen LogP contribution < -0.4 is 0 Å². The van der Waals surface area contributed by atoms with Crippen molar-refractivity contribution in [2.75, 3.05) is 0 Å². The Morgan fingerprint density at radius 2 is 2.00 bits per heavy atom. The molecule has 1 N–H and O–H groups in total. The van der Waals surface area contributed by atoms with E-state index in [0.29, 0.717) is 0 Å². The highest BCUT2D eigenvalue weighted by molar-refractivity contribution is 5.20. The second-order valence-electron chi connectivity index (χ2n) is 4.47. The van der Waals surface area contributed by atoms with Crippen LogP contribution in [0.15, 0.2) is 18.3 Å². The van der Waals surface area contributed by atoms with E-state index in [9.17, 15) is 5.11 Å². The summed E-state index contributed by atoms with van der Waals surface area (Å²) in [4.78, 5) is 4.19. The average molecular weight is 179 g/mol. The molecule has 0 bridgehead atoms. The fourth-order valence-electron chi connectivity index (χ4n) is 1.19. The highest BCUT2D eigenvalue weighted by atomic mass is 16.3.